The largest absolute Gasteiger partial charge is 0.382 e. The first kappa shape index (κ1) is 8.27. The first-order chi connectivity index (χ1) is 5.33. The molecule has 62 valence electrons. The van der Waals surface area contributed by atoms with Crippen LogP contribution in [0.3, 0.4) is 0 Å². The molecule has 0 aliphatic carbocycles. The van der Waals surface area contributed by atoms with E-state index in [-0.39, 0.29) is 0 Å². The van der Waals surface area contributed by atoms with E-state index in [9.17, 15) is 0 Å². The van der Waals surface area contributed by atoms with Gasteiger partial charge in [-0.25, -0.2) is 4.98 Å². The zero-order chi connectivity index (χ0) is 8.10. The molecule has 0 aliphatic heterocycles. The molecule has 0 saturated carbocycles. The molecule has 0 saturated heterocycles. The fourth-order valence-electron chi connectivity index (χ4n) is 0.868. The molecule has 0 aliphatic rings. The van der Waals surface area contributed by atoms with Crippen LogP contribution in [0.25, 0.3) is 0 Å². The van der Waals surface area contributed by atoms with Crippen LogP contribution in [0.2, 0.25) is 0 Å². The highest BCUT2D eigenvalue weighted by Crippen LogP contribution is 1.98. The van der Waals surface area contributed by atoms with Crippen molar-refractivity contribution >= 4 is 0 Å². The lowest BCUT2D eigenvalue weighted by molar-refractivity contribution is 0.107. The van der Waals surface area contributed by atoms with Crippen molar-refractivity contribution in [1.29, 1.82) is 0 Å². The number of hydrogen-bond acceptors (Lipinski definition) is 2. The van der Waals surface area contributed by atoms with Gasteiger partial charge in [-0.2, -0.15) is 0 Å². The van der Waals surface area contributed by atoms with Crippen molar-refractivity contribution < 1.29 is 4.74 Å². The number of hydrogen-bond donors (Lipinski definition) is 0. The van der Waals surface area contributed by atoms with Gasteiger partial charge in [-0.3, -0.25) is 0 Å². The summed E-state index contributed by atoms with van der Waals surface area (Å²) < 4.78 is 7.17. The molecule has 0 fully saturated rings. The number of aromatic nitrogens is 2. The Bertz CT molecular complexity index is 184. The molecular formula is C8H14N2O. The Hall–Kier alpha value is -0.830. The monoisotopic (exact) mass is 154 g/mol. The Morgan fingerprint density at radius 3 is 3.00 bits per heavy atom. The summed E-state index contributed by atoms with van der Waals surface area (Å²) >= 11 is 0. The number of nitrogens with zero attached hydrogens (tertiary/aromatic N) is 2. The van der Waals surface area contributed by atoms with Gasteiger partial charge in [0.1, 0.15) is 0 Å². The van der Waals surface area contributed by atoms with Gasteiger partial charge in [-0.1, -0.05) is 0 Å². The van der Waals surface area contributed by atoms with Gasteiger partial charge in [0.25, 0.3) is 0 Å². The maximum absolute atomic E-state index is 5.11. The first-order valence-corrected chi connectivity index (χ1v) is 3.81. The lowest BCUT2D eigenvalue weighted by Gasteiger charge is -2.08. The van der Waals surface area contributed by atoms with Crippen LogP contribution in [0.1, 0.15) is 13.3 Å². The topological polar surface area (TPSA) is 27.1 Å². The summed E-state index contributed by atoms with van der Waals surface area (Å²) in [7, 11) is 1.73. The minimum atomic E-state index is 0.331. The van der Waals surface area contributed by atoms with E-state index in [1.165, 1.54) is 0 Å². The van der Waals surface area contributed by atoms with E-state index in [4.69, 9.17) is 4.74 Å². The predicted octanol–water partition coefficient (Wildman–Crippen LogP) is 1.31. The molecule has 3 heteroatoms. The second-order valence-corrected chi connectivity index (χ2v) is 2.64. The lowest BCUT2D eigenvalue weighted by Crippen LogP contribution is -2.08. The third-order valence-electron chi connectivity index (χ3n) is 1.76. The van der Waals surface area contributed by atoms with Gasteiger partial charge < -0.3 is 9.30 Å². The highest BCUT2D eigenvalue weighted by molar-refractivity contribution is 4.74. The van der Waals surface area contributed by atoms with Crippen LogP contribution in [0.15, 0.2) is 18.7 Å². The van der Waals surface area contributed by atoms with Gasteiger partial charge in [0, 0.05) is 26.0 Å². The Kier molecular flexibility index (Phi) is 3.11. The maximum Gasteiger partial charge on any atom is 0.0945 e. The molecule has 1 unspecified atom stereocenters. The summed E-state index contributed by atoms with van der Waals surface area (Å²) in [5, 5.41) is 0. The van der Waals surface area contributed by atoms with Crippen molar-refractivity contribution in [3.8, 4) is 0 Å². The second-order valence-electron chi connectivity index (χ2n) is 2.64. The molecular weight excluding hydrogens is 140 g/mol. The van der Waals surface area contributed by atoms with Crippen LogP contribution < -0.4 is 0 Å². The fourth-order valence-corrected chi connectivity index (χ4v) is 0.868. The van der Waals surface area contributed by atoms with Crippen molar-refractivity contribution in [2.75, 3.05) is 7.11 Å². The number of methoxy groups -OCH3 is 1. The van der Waals surface area contributed by atoms with Crippen molar-refractivity contribution in [2.24, 2.45) is 0 Å². The van der Waals surface area contributed by atoms with Gasteiger partial charge in [-0.15, -0.1) is 0 Å². The Morgan fingerprint density at radius 1 is 1.64 bits per heavy atom. The van der Waals surface area contributed by atoms with Crippen LogP contribution in [-0.2, 0) is 11.3 Å². The SMILES string of the molecule is COC(C)CCn1ccnc1. The third-order valence-corrected chi connectivity index (χ3v) is 1.76. The quantitative estimate of drug-likeness (QED) is 0.653. The van der Waals surface area contributed by atoms with Crippen molar-refractivity contribution in [2.45, 2.75) is 26.0 Å². The van der Waals surface area contributed by atoms with Gasteiger partial charge in [-0.05, 0) is 13.3 Å². The highest BCUT2D eigenvalue weighted by atomic mass is 16.5. The van der Waals surface area contributed by atoms with E-state index in [1.807, 2.05) is 12.5 Å². The molecule has 1 aromatic heterocycles. The summed E-state index contributed by atoms with van der Waals surface area (Å²) in [6, 6.07) is 0. The molecule has 1 rings (SSSR count). The number of ether oxygens (including phenoxy) is 1. The van der Waals surface area contributed by atoms with Crippen molar-refractivity contribution in [3.63, 3.8) is 0 Å². The van der Waals surface area contributed by atoms with E-state index < -0.39 is 0 Å². The molecule has 1 heterocycles. The average molecular weight is 154 g/mol. The summed E-state index contributed by atoms with van der Waals surface area (Å²) in [4.78, 5) is 3.95. The summed E-state index contributed by atoms with van der Waals surface area (Å²) in [6.07, 6.45) is 6.94. The van der Waals surface area contributed by atoms with Crippen LogP contribution >= 0.6 is 0 Å². The first-order valence-electron chi connectivity index (χ1n) is 3.81. The molecule has 0 spiro atoms. The number of aryl methyl sites for hydroxylation is 1. The molecule has 1 aromatic rings. The van der Waals surface area contributed by atoms with Crippen molar-refractivity contribution in [1.82, 2.24) is 9.55 Å². The maximum atomic E-state index is 5.11. The number of imidazole rings is 1. The second kappa shape index (κ2) is 4.13. The van der Waals surface area contributed by atoms with E-state index in [1.54, 1.807) is 13.3 Å². The van der Waals surface area contributed by atoms with Gasteiger partial charge in [0.15, 0.2) is 0 Å². The molecule has 0 bridgehead atoms. The summed E-state index contributed by atoms with van der Waals surface area (Å²) in [5.74, 6) is 0. The molecule has 11 heavy (non-hydrogen) atoms. The fraction of sp³-hybridized carbons (Fsp3) is 0.625. The smallest absolute Gasteiger partial charge is 0.0945 e. The van der Waals surface area contributed by atoms with Crippen molar-refractivity contribution in [3.05, 3.63) is 18.7 Å². The zero-order valence-electron chi connectivity index (χ0n) is 7.03. The standard InChI is InChI=1S/C8H14N2O/c1-8(11-2)3-5-10-6-4-9-7-10/h4,6-8H,3,5H2,1-2H3. The van der Waals surface area contributed by atoms with E-state index in [0.717, 1.165) is 13.0 Å². The van der Waals surface area contributed by atoms with Gasteiger partial charge in [0.05, 0.1) is 12.4 Å². The zero-order valence-corrected chi connectivity index (χ0v) is 7.03. The Labute approximate surface area is 67.0 Å². The van der Waals surface area contributed by atoms with Crippen LogP contribution in [0.5, 0.6) is 0 Å². The molecule has 0 N–H and O–H groups in total. The highest BCUT2D eigenvalue weighted by Gasteiger charge is 1.98. The van der Waals surface area contributed by atoms with E-state index in [2.05, 4.69) is 16.5 Å². The molecule has 3 nitrogen and oxygen atoms in total. The molecule has 0 aromatic carbocycles. The Morgan fingerprint density at radius 2 is 2.45 bits per heavy atom. The van der Waals surface area contributed by atoms with E-state index in [0.29, 0.717) is 6.10 Å². The average Bonchev–Trinajstić information content (AvgIpc) is 2.52. The minimum Gasteiger partial charge on any atom is -0.382 e. The number of rotatable bonds is 4. The van der Waals surface area contributed by atoms with Gasteiger partial charge in [0.2, 0.25) is 0 Å². The summed E-state index contributed by atoms with van der Waals surface area (Å²) in [5.41, 5.74) is 0. The molecule has 0 amide bonds. The molecule has 0 radical (unpaired) electrons. The van der Waals surface area contributed by atoms with Gasteiger partial charge >= 0.3 is 0 Å². The van der Waals surface area contributed by atoms with Crippen LogP contribution in [0, 0.1) is 0 Å². The van der Waals surface area contributed by atoms with E-state index >= 15 is 0 Å². The molecule has 1 atom stereocenters. The summed E-state index contributed by atoms with van der Waals surface area (Å²) in [6.45, 7) is 3.05. The minimum absolute atomic E-state index is 0.331. The predicted molar refractivity (Wildman–Crippen MR) is 43.3 cm³/mol. The van der Waals surface area contributed by atoms with Crippen LogP contribution in [-0.4, -0.2) is 22.8 Å². The third kappa shape index (κ3) is 2.72. The lowest BCUT2D eigenvalue weighted by atomic mass is 10.3. The Balaban J connectivity index is 2.23. The normalized spacial score (nSPS) is 13.3. The van der Waals surface area contributed by atoms with Crippen LogP contribution in [0.4, 0.5) is 0 Å².